The third kappa shape index (κ3) is 3.80. The summed E-state index contributed by atoms with van der Waals surface area (Å²) >= 11 is 0. The quantitative estimate of drug-likeness (QED) is 0.787. The average Bonchev–Trinajstić information content (AvgIpc) is 2.87. The Labute approximate surface area is 128 Å². The van der Waals surface area contributed by atoms with Crippen LogP contribution in [0.1, 0.15) is 5.56 Å². The normalized spacial score (nSPS) is 23.2. The van der Waals surface area contributed by atoms with Crippen LogP contribution in [0.25, 0.3) is 0 Å². The van der Waals surface area contributed by atoms with Crippen molar-refractivity contribution in [3.8, 4) is 0 Å². The molecule has 1 atom stereocenters. The number of ether oxygens (including phenoxy) is 2. The van der Waals surface area contributed by atoms with Gasteiger partial charge < -0.3 is 9.47 Å². The number of hydrogen-bond donors (Lipinski definition) is 0. The standard InChI is InChI=1S/C15H18FN3O3/c16-13-3-1-12(2-4-13)9-17-19-11-14(22-15(19)20)10-18-5-7-21-8-6-18/h1-4,9,14H,5-8,10-11H2/b17-9+/t14-/m1/s1. The second-order valence-corrected chi connectivity index (χ2v) is 5.30. The number of rotatable bonds is 4. The van der Waals surface area contributed by atoms with Crippen molar-refractivity contribution in [2.75, 3.05) is 39.4 Å². The Kier molecular flexibility index (Phi) is 4.65. The van der Waals surface area contributed by atoms with Crippen molar-refractivity contribution >= 4 is 12.3 Å². The van der Waals surface area contributed by atoms with E-state index in [9.17, 15) is 9.18 Å². The summed E-state index contributed by atoms with van der Waals surface area (Å²) in [6.45, 7) is 4.26. The lowest BCUT2D eigenvalue weighted by Gasteiger charge is -2.27. The molecule has 22 heavy (non-hydrogen) atoms. The van der Waals surface area contributed by atoms with E-state index in [1.165, 1.54) is 23.4 Å². The molecule has 2 aliphatic heterocycles. The SMILES string of the molecule is O=C1O[C@H](CN2CCOCC2)CN1/N=C/c1ccc(F)cc1. The van der Waals surface area contributed by atoms with E-state index in [-0.39, 0.29) is 11.9 Å². The monoisotopic (exact) mass is 307 g/mol. The van der Waals surface area contributed by atoms with Gasteiger partial charge in [0, 0.05) is 19.6 Å². The lowest BCUT2D eigenvalue weighted by Crippen LogP contribution is -2.41. The van der Waals surface area contributed by atoms with E-state index in [4.69, 9.17) is 9.47 Å². The number of benzene rings is 1. The Bertz CT molecular complexity index is 543. The number of cyclic esters (lactones) is 1. The third-order valence-electron chi connectivity index (χ3n) is 3.64. The number of carbonyl (C=O) groups is 1. The smallest absolute Gasteiger partial charge is 0.430 e. The molecule has 0 aliphatic carbocycles. The van der Waals surface area contributed by atoms with Gasteiger partial charge in [-0.1, -0.05) is 12.1 Å². The van der Waals surface area contributed by atoms with E-state index in [0.29, 0.717) is 26.3 Å². The second kappa shape index (κ2) is 6.85. The zero-order valence-electron chi connectivity index (χ0n) is 12.2. The molecule has 2 fully saturated rings. The zero-order chi connectivity index (χ0) is 15.4. The van der Waals surface area contributed by atoms with Crippen LogP contribution in [-0.4, -0.2) is 67.7 Å². The molecule has 1 amide bonds. The molecule has 0 radical (unpaired) electrons. The Balaban J connectivity index is 1.54. The van der Waals surface area contributed by atoms with E-state index >= 15 is 0 Å². The summed E-state index contributed by atoms with van der Waals surface area (Å²) in [7, 11) is 0. The van der Waals surface area contributed by atoms with E-state index in [1.807, 2.05) is 0 Å². The van der Waals surface area contributed by atoms with Gasteiger partial charge in [0.2, 0.25) is 0 Å². The van der Waals surface area contributed by atoms with Gasteiger partial charge in [-0.25, -0.2) is 9.18 Å². The molecular formula is C15H18FN3O3. The second-order valence-electron chi connectivity index (χ2n) is 5.30. The molecule has 0 spiro atoms. The predicted octanol–water partition coefficient (Wildman–Crippen LogP) is 1.31. The topological polar surface area (TPSA) is 54.4 Å². The number of halogens is 1. The number of nitrogens with zero attached hydrogens (tertiary/aromatic N) is 3. The average molecular weight is 307 g/mol. The molecule has 1 aromatic rings. The molecule has 0 N–H and O–H groups in total. The van der Waals surface area contributed by atoms with Gasteiger partial charge in [0.25, 0.3) is 0 Å². The maximum Gasteiger partial charge on any atom is 0.430 e. The highest BCUT2D eigenvalue weighted by atomic mass is 19.1. The molecule has 0 bridgehead atoms. The van der Waals surface area contributed by atoms with Gasteiger partial charge in [-0.05, 0) is 17.7 Å². The number of morpholine rings is 1. The minimum Gasteiger partial charge on any atom is -0.441 e. The molecule has 3 rings (SSSR count). The van der Waals surface area contributed by atoms with Crippen LogP contribution in [0.5, 0.6) is 0 Å². The van der Waals surface area contributed by atoms with Crippen LogP contribution in [-0.2, 0) is 9.47 Å². The van der Waals surface area contributed by atoms with Crippen LogP contribution >= 0.6 is 0 Å². The summed E-state index contributed by atoms with van der Waals surface area (Å²) in [5, 5.41) is 5.42. The minimum atomic E-state index is -0.448. The molecule has 0 unspecified atom stereocenters. The van der Waals surface area contributed by atoms with Gasteiger partial charge in [0.1, 0.15) is 11.9 Å². The lowest BCUT2D eigenvalue weighted by molar-refractivity contribution is 0.0188. The number of hydrazone groups is 1. The predicted molar refractivity (Wildman–Crippen MR) is 78.2 cm³/mol. The Morgan fingerprint density at radius 2 is 2.00 bits per heavy atom. The van der Waals surface area contributed by atoms with Crippen molar-refractivity contribution in [2.45, 2.75) is 6.10 Å². The van der Waals surface area contributed by atoms with Gasteiger partial charge >= 0.3 is 6.09 Å². The van der Waals surface area contributed by atoms with Crippen molar-refractivity contribution in [1.82, 2.24) is 9.91 Å². The minimum absolute atomic E-state index is 0.184. The van der Waals surface area contributed by atoms with Crippen LogP contribution in [0, 0.1) is 5.82 Å². The van der Waals surface area contributed by atoms with Crippen LogP contribution in [0.4, 0.5) is 9.18 Å². The van der Waals surface area contributed by atoms with E-state index < -0.39 is 6.09 Å². The maximum absolute atomic E-state index is 12.8. The summed E-state index contributed by atoms with van der Waals surface area (Å²) in [5.74, 6) is -0.302. The fraction of sp³-hybridized carbons (Fsp3) is 0.467. The lowest BCUT2D eigenvalue weighted by atomic mass is 10.2. The first-order chi connectivity index (χ1) is 10.7. The first-order valence-electron chi connectivity index (χ1n) is 7.28. The highest BCUT2D eigenvalue weighted by Crippen LogP contribution is 2.14. The molecule has 2 heterocycles. The largest absolute Gasteiger partial charge is 0.441 e. The summed E-state index contributed by atoms with van der Waals surface area (Å²) in [6.07, 6.45) is 0.894. The first-order valence-corrected chi connectivity index (χ1v) is 7.28. The van der Waals surface area contributed by atoms with E-state index in [1.54, 1.807) is 12.1 Å². The fourth-order valence-corrected chi connectivity index (χ4v) is 2.45. The zero-order valence-corrected chi connectivity index (χ0v) is 12.2. The fourth-order valence-electron chi connectivity index (χ4n) is 2.45. The van der Waals surface area contributed by atoms with Crippen LogP contribution in [0.2, 0.25) is 0 Å². The van der Waals surface area contributed by atoms with Gasteiger partial charge in [-0.15, -0.1) is 0 Å². The molecular weight excluding hydrogens is 289 g/mol. The highest BCUT2D eigenvalue weighted by molar-refractivity contribution is 5.81. The molecule has 0 aromatic heterocycles. The van der Waals surface area contributed by atoms with Gasteiger partial charge in [0.05, 0.1) is 26.0 Å². The summed E-state index contributed by atoms with van der Waals surface area (Å²) in [5.41, 5.74) is 0.728. The number of carbonyl (C=O) groups excluding carboxylic acids is 1. The van der Waals surface area contributed by atoms with Crippen molar-refractivity contribution in [1.29, 1.82) is 0 Å². The maximum atomic E-state index is 12.8. The highest BCUT2D eigenvalue weighted by Gasteiger charge is 2.32. The van der Waals surface area contributed by atoms with Crippen molar-refractivity contribution in [3.05, 3.63) is 35.6 Å². The Hall–Kier alpha value is -1.99. The van der Waals surface area contributed by atoms with Gasteiger partial charge in [0.15, 0.2) is 0 Å². The van der Waals surface area contributed by atoms with Crippen LogP contribution < -0.4 is 0 Å². The Morgan fingerprint density at radius 3 is 2.73 bits per heavy atom. The first kappa shape index (κ1) is 14.9. The van der Waals surface area contributed by atoms with E-state index in [0.717, 1.165) is 18.7 Å². The number of hydrogen-bond acceptors (Lipinski definition) is 5. The Morgan fingerprint density at radius 1 is 1.27 bits per heavy atom. The molecule has 2 aliphatic rings. The third-order valence-corrected chi connectivity index (χ3v) is 3.64. The van der Waals surface area contributed by atoms with Crippen molar-refractivity contribution < 1.29 is 18.7 Å². The van der Waals surface area contributed by atoms with Gasteiger partial charge in [-0.2, -0.15) is 10.1 Å². The molecule has 6 nitrogen and oxygen atoms in total. The van der Waals surface area contributed by atoms with Crippen molar-refractivity contribution in [3.63, 3.8) is 0 Å². The van der Waals surface area contributed by atoms with Crippen LogP contribution in [0.3, 0.4) is 0 Å². The van der Waals surface area contributed by atoms with Crippen molar-refractivity contribution in [2.24, 2.45) is 5.10 Å². The van der Waals surface area contributed by atoms with Crippen LogP contribution in [0.15, 0.2) is 29.4 Å². The van der Waals surface area contributed by atoms with E-state index in [2.05, 4.69) is 10.0 Å². The molecule has 1 aromatic carbocycles. The summed E-state index contributed by atoms with van der Waals surface area (Å²) in [6, 6.07) is 5.91. The molecule has 2 saturated heterocycles. The van der Waals surface area contributed by atoms with Gasteiger partial charge in [-0.3, -0.25) is 4.90 Å². The summed E-state index contributed by atoms with van der Waals surface area (Å²) in [4.78, 5) is 14.0. The number of amides is 1. The molecule has 118 valence electrons. The summed E-state index contributed by atoms with van der Waals surface area (Å²) < 4.78 is 23.4. The molecule has 7 heteroatoms. The molecule has 0 saturated carbocycles.